The minimum absolute atomic E-state index is 0.272. The van der Waals surface area contributed by atoms with Gasteiger partial charge in [-0.3, -0.25) is 4.79 Å². The number of furan rings is 1. The van der Waals surface area contributed by atoms with Crippen molar-refractivity contribution in [1.29, 1.82) is 0 Å². The number of carbonyl (C=O) groups excluding carboxylic acids is 2. The lowest BCUT2D eigenvalue weighted by atomic mass is 10.1. The quantitative estimate of drug-likeness (QED) is 0.483. The van der Waals surface area contributed by atoms with E-state index < -0.39 is 23.8 Å². The number of pyridine rings is 1. The summed E-state index contributed by atoms with van der Waals surface area (Å²) in [7, 11) is 0. The maximum Gasteiger partial charge on any atom is 0.339 e. The van der Waals surface area contributed by atoms with Crippen molar-refractivity contribution in [2.75, 3.05) is 5.32 Å². The van der Waals surface area contributed by atoms with Crippen LogP contribution in [0.25, 0.3) is 22.4 Å². The fourth-order valence-electron chi connectivity index (χ4n) is 2.95. The molecule has 1 amide bonds. The van der Waals surface area contributed by atoms with Crippen molar-refractivity contribution in [1.82, 2.24) is 4.98 Å². The Labute approximate surface area is 171 Å². The first-order valence-corrected chi connectivity index (χ1v) is 9.22. The van der Waals surface area contributed by atoms with E-state index >= 15 is 0 Å². The van der Waals surface area contributed by atoms with Crippen LogP contribution in [0, 0.1) is 5.82 Å². The molecule has 0 aliphatic rings. The molecule has 0 aliphatic carbocycles. The lowest BCUT2D eigenvalue weighted by Crippen LogP contribution is -2.30. The van der Waals surface area contributed by atoms with E-state index in [1.807, 2.05) is 6.07 Å². The van der Waals surface area contributed by atoms with Crippen LogP contribution in [0.3, 0.4) is 0 Å². The molecule has 2 heterocycles. The first kappa shape index (κ1) is 19.3. The first-order chi connectivity index (χ1) is 14.5. The Bertz CT molecular complexity index is 1200. The van der Waals surface area contributed by atoms with Crippen molar-refractivity contribution in [2.24, 2.45) is 0 Å². The molecule has 150 valence electrons. The minimum atomic E-state index is -1.07. The Hall–Kier alpha value is -4.00. The molecule has 6 nitrogen and oxygen atoms in total. The molecule has 0 saturated carbocycles. The minimum Gasteiger partial charge on any atom is -0.463 e. The molecule has 4 aromatic rings. The highest BCUT2D eigenvalue weighted by atomic mass is 19.1. The van der Waals surface area contributed by atoms with Crippen LogP contribution in [0.4, 0.5) is 10.1 Å². The highest BCUT2D eigenvalue weighted by Crippen LogP contribution is 2.26. The van der Waals surface area contributed by atoms with Gasteiger partial charge in [0, 0.05) is 11.1 Å². The number of nitrogens with one attached hydrogen (secondary N) is 1. The van der Waals surface area contributed by atoms with Crippen molar-refractivity contribution in [3.05, 3.63) is 84.4 Å². The summed E-state index contributed by atoms with van der Waals surface area (Å²) in [5, 5.41) is 3.19. The van der Waals surface area contributed by atoms with E-state index in [1.54, 1.807) is 36.4 Å². The summed E-state index contributed by atoms with van der Waals surface area (Å²) >= 11 is 0. The zero-order valence-electron chi connectivity index (χ0n) is 16.0. The Balaban J connectivity index is 1.58. The molecule has 0 unspecified atom stereocenters. The maximum absolute atomic E-state index is 13.0. The summed E-state index contributed by atoms with van der Waals surface area (Å²) < 4.78 is 23.8. The maximum atomic E-state index is 13.0. The average Bonchev–Trinajstić information content (AvgIpc) is 3.29. The number of halogens is 1. The summed E-state index contributed by atoms with van der Waals surface area (Å²) in [6, 6.07) is 17.5. The monoisotopic (exact) mass is 404 g/mol. The number of anilines is 1. The predicted molar refractivity (Wildman–Crippen MR) is 109 cm³/mol. The number of esters is 1. The number of hydrogen-bond donors (Lipinski definition) is 1. The topological polar surface area (TPSA) is 81.4 Å². The van der Waals surface area contributed by atoms with Gasteiger partial charge in [0.1, 0.15) is 11.5 Å². The van der Waals surface area contributed by atoms with E-state index in [0.29, 0.717) is 28.0 Å². The molecule has 7 heteroatoms. The normalized spacial score (nSPS) is 11.8. The third-order valence-electron chi connectivity index (χ3n) is 4.47. The van der Waals surface area contributed by atoms with Gasteiger partial charge in [-0.05, 0) is 55.5 Å². The zero-order valence-corrected chi connectivity index (χ0v) is 16.0. The largest absolute Gasteiger partial charge is 0.463 e. The van der Waals surface area contributed by atoms with Crippen LogP contribution in [-0.2, 0) is 9.53 Å². The second-order valence-corrected chi connectivity index (χ2v) is 6.59. The van der Waals surface area contributed by atoms with Gasteiger partial charge in [-0.25, -0.2) is 14.2 Å². The summed E-state index contributed by atoms with van der Waals surface area (Å²) in [6.07, 6.45) is 0.452. The summed E-state index contributed by atoms with van der Waals surface area (Å²) in [6.45, 7) is 1.47. The molecule has 2 aromatic heterocycles. The second-order valence-electron chi connectivity index (χ2n) is 6.59. The van der Waals surface area contributed by atoms with Gasteiger partial charge in [0.2, 0.25) is 0 Å². The second kappa shape index (κ2) is 8.16. The number of hydrogen-bond acceptors (Lipinski definition) is 5. The Morgan fingerprint density at radius 1 is 1.07 bits per heavy atom. The van der Waals surface area contributed by atoms with Gasteiger partial charge < -0.3 is 14.5 Å². The molecular formula is C23H17FN2O4. The van der Waals surface area contributed by atoms with Gasteiger partial charge in [0.05, 0.1) is 17.3 Å². The third-order valence-corrected chi connectivity index (χ3v) is 4.47. The first-order valence-electron chi connectivity index (χ1n) is 9.22. The molecule has 0 aliphatic heterocycles. The van der Waals surface area contributed by atoms with E-state index in [-0.39, 0.29) is 5.56 Å². The van der Waals surface area contributed by atoms with Crippen molar-refractivity contribution in [2.45, 2.75) is 13.0 Å². The average molecular weight is 404 g/mol. The van der Waals surface area contributed by atoms with Crippen molar-refractivity contribution >= 4 is 28.5 Å². The molecule has 1 N–H and O–H groups in total. The number of para-hydroxylation sites is 1. The summed E-state index contributed by atoms with van der Waals surface area (Å²) in [5.74, 6) is -1.09. The molecule has 4 rings (SSSR count). The summed E-state index contributed by atoms with van der Waals surface area (Å²) in [5.41, 5.74) is 1.75. The highest BCUT2D eigenvalue weighted by Gasteiger charge is 2.22. The molecule has 2 aromatic carbocycles. The van der Waals surface area contributed by atoms with Crippen LogP contribution in [0.1, 0.15) is 17.3 Å². The van der Waals surface area contributed by atoms with Crippen LogP contribution >= 0.6 is 0 Å². The van der Waals surface area contributed by atoms with Crippen LogP contribution in [-0.4, -0.2) is 23.0 Å². The standard InChI is InChI=1S/C23H17FN2O4/c1-14(22(27)25-16-10-8-15(24)9-11-16)30-23(28)18-13-20(21-7-4-12-29-21)26-19-6-3-2-5-17(18)19/h2-14H,1H3,(H,25,27)/t14-/m1/s1. The van der Waals surface area contributed by atoms with Crippen LogP contribution in [0.15, 0.2) is 77.4 Å². The van der Waals surface area contributed by atoms with Crippen LogP contribution in [0.5, 0.6) is 0 Å². The number of nitrogens with zero attached hydrogens (tertiary/aromatic N) is 1. The van der Waals surface area contributed by atoms with E-state index in [2.05, 4.69) is 10.3 Å². The Morgan fingerprint density at radius 2 is 1.83 bits per heavy atom. The zero-order chi connectivity index (χ0) is 21.1. The van der Waals surface area contributed by atoms with Gasteiger partial charge in [0.15, 0.2) is 11.9 Å². The van der Waals surface area contributed by atoms with Crippen LogP contribution in [0.2, 0.25) is 0 Å². The smallest absolute Gasteiger partial charge is 0.339 e. The molecule has 1 atom stereocenters. The molecule has 30 heavy (non-hydrogen) atoms. The molecule has 0 spiro atoms. The number of carbonyl (C=O) groups is 2. The van der Waals surface area contributed by atoms with Crippen molar-refractivity contribution in [3.63, 3.8) is 0 Å². The van der Waals surface area contributed by atoms with Gasteiger partial charge in [-0.15, -0.1) is 0 Å². The molecule has 0 fully saturated rings. The SMILES string of the molecule is C[C@@H](OC(=O)c1cc(-c2ccco2)nc2ccccc12)C(=O)Nc1ccc(F)cc1. The number of rotatable bonds is 5. The fourth-order valence-corrected chi connectivity index (χ4v) is 2.95. The van der Waals surface area contributed by atoms with Crippen molar-refractivity contribution < 1.29 is 23.1 Å². The fraction of sp³-hybridized carbons (Fsp3) is 0.0870. The van der Waals surface area contributed by atoms with Gasteiger partial charge in [0.25, 0.3) is 5.91 Å². The number of aromatic nitrogens is 1. The number of ether oxygens (including phenoxy) is 1. The van der Waals surface area contributed by atoms with Gasteiger partial charge in [-0.2, -0.15) is 0 Å². The van der Waals surface area contributed by atoms with E-state index in [1.165, 1.54) is 37.5 Å². The lowest BCUT2D eigenvalue weighted by Gasteiger charge is -2.15. The predicted octanol–water partition coefficient (Wildman–Crippen LogP) is 4.82. The number of amides is 1. The van der Waals surface area contributed by atoms with Crippen LogP contribution < -0.4 is 5.32 Å². The van der Waals surface area contributed by atoms with Gasteiger partial charge >= 0.3 is 5.97 Å². The molecule has 0 radical (unpaired) electrons. The van der Waals surface area contributed by atoms with E-state index in [0.717, 1.165) is 0 Å². The molecule has 0 bridgehead atoms. The summed E-state index contributed by atoms with van der Waals surface area (Å²) in [4.78, 5) is 29.8. The Morgan fingerprint density at radius 3 is 2.57 bits per heavy atom. The molecule has 0 saturated heterocycles. The van der Waals surface area contributed by atoms with Gasteiger partial charge in [-0.1, -0.05) is 18.2 Å². The van der Waals surface area contributed by atoms with Crippen molar-refractivity contribution in [3.8, 4) is 11.5 Å². The third kappa shape index (κ3) is 4.05. The molecular weight excluding hydrogens is 387 g/mol. The highest BCUT2D eigenvalue weighted by molar-refractivity contribution is 6.05. The lowest BCUT2D eigenvalue weighted by molar-refractivity contribution is -0.123. The van der Waals surface area contributed by atoms with E-state index in [9.17, 15) is 14.0 Å². The Kier molecular flexibility index (Phi) is 5.26. The number of benzene rings is 2. The number of fused-ring (bicyclic) bond motifs is 1. The van der Waals surface area contributed by atoms with E-state index in [4.69, 9.17) is 9.15 Å².